The summed E-state index contributed by atoms with van der Waals surface area (Å²) in [6.45, 7) is 4.01. The normalized spacial score (nSPS) is 15.6. The number of benzene rings is 1. The van der Waals surface area contributed by atoms with Crippen molar-refractivity contribution in [1.29, 1.82) is 0 Å². The van der Waals surface area contributed by atoms with Crippen molar-refractivity contribution in [3.63, 3.8) is 0 Å². The summed E-state index contributed by atoms with van der Waals surface area (Å²) in [5.74, 6) is -0.215. The number of fused-ring (bicyclic) bond motifs is 3. The lowest BCUT2D eigenvalue weighted by Gasteiger charge is -2.17. The van der Waals surface area contributed by atoms with Crippen LogP contribution in [0.15, 0.2) is 29.1 Å². The molecule has 1 N–H and O–H groups in total. The van der Waals surface area contributed by atoms with E-state index in [-0.39, 0.29) is 12.1 Å². The van der Waals surface area contributed by atoms with E-state index in [9.17, 15) is 14.4 Å². The van der Waals surface area contributed by atoms with Gasteiger partial charge in [-0.05, 0) is 61.9 Å². The van der Waals surface area contributed by atoms with Gasteiger partial charge in [0.1, 0.15) is 6.54 Å². The molecule has 0 radical (unpaired) electrons. The monoisotopic (exact) mass is 426 g/mol. The van der Waals surface area contributed by atoms with Crippen molar-refractivity contribution in [3.8, 4) is 0 Å². The molecule has 0 saturated heterocycles. The van der Waals surface area contributed by atoms with Crippen LogP contribution in [0.5, 0.6) is 0 Å². The fraction of sp³-hybridized carbons (Fsp3) is 0.381. The second-order valence-electron chi connectivity index (χ2n) is 7.43. The SMILES string of the molecule is CCOC(=O)c1ccc(NC(=O)Cn2nnc3sc4c(c3c2=O)CCC(C)C4)cc1. The molecule has 9 heteroatoms. The molecular weight excluding hydrogens is 404 g/mol. The van der Waals surface area contributed by atoms with Gasteiger partial charge >= 0.3 is 5.97 Å². The maximum absolute atomic E-state index is 12.9. The zero-order valence-electron chi connectivity index (χ0n) is 16.8. The number of esters is 1. The standard InChI is InChI=1S/C21H22N4O4S/c1-3-29-21(28)13-5-7-14(8-6-13)22-17(26)11-25-20(27)18-15-9-4-12(2)10-16(15)30-19(18)23-24-25/h5-8,12H,3-4,9-11H2,1-2H3,(H,22,26). The second-order valence-corrected chi connectivity index (χ2v) is 8.51. The summed E-state index contributed by atoms with van der Waals surface area (Å²) < 4.78 is 6.04. The molecule has 0 fully saturated rings. The summed E-state index contributed by atoms with van der Waals surface area (Å²) in [6, 6.07) is 6.37. The van der Waals surface area contributed by atoms with Gasteiger partial charge in [0.25, 0.3) is 5.56 Å². The van der Waals surface area contributed by atoms with Crippen molar-refractivity contribution in [2.24, 2.45) is 5.92 Å². The van der Waals surface area contributed by atoms with Crippen LogP contribution in [-0.2, 0) is 28.9 Å². The van der Waals surface area contributed by atoms with Gasteiger partial charge in [-0.15, -0.1) is 16.4 Å². The van der Waals surface area contributed by atoms with Crippen LogP contribution in [0, 0.1) is 5.92 Å². The van der Waals surface area contributed by atoms with E-state index >= 15 is 0 Å². The van der Waals surface area contributed by atoms with Gasteiger partial charge in [-0.2, -0.15) is 0 Å². The summed E-state index contributed by atoms with van der Waals surface area (Å²) >= 11 is 1.53. The van der Waals surface area contributed by atoms with Crippen LogP contribution >= 0.6 is 11.3 Å². The first-order chi connectivity index (χ1) is 14.5. The predicted molar refractivity (Wildman–Crippen MR) is 114 cm³/mol. The van der Waals surface area contributed by atoms with Crippen LogP contribution < -0.4 is 10.9 Å². The van der Waals surface area contributed by atoms with Crippen LogP contribution in [0.2, 0.25) is 0 Å². The molecular formula is C21H22N4O4S. The molecule has 0 bridgehead atoms. The van der Waals surface area contributed by atoms with E-state index in [1.165, 1.54) is 16.2 Å². The lowest BCUT2D eigenvalue weighted by Crippen LogP contribution is -2.30. The summed E-state index contributed by atoms with van der Waals surface area (Å²) in [7, 11) is 0. The molecule has 8 nitrogen and oxygen atoms in total. The van der Waals surface area contributed by atoms with Gasteiger partial charge in [0.2, 0.25) is 5.91 Å². The number of amides is 1. The number of hydrogen-bond donors (Lipinski definition) is 1. The summed E-state index contributed by atoms with van der Waals surface area (Å²) in [4.78, 5) is 38.9. The predicted octanol–water partition coefficient (Wildman–Crippen LogP) is 2.79. The molecule has 1 aliphatic carbocycles. The van der Waals surface area contributed by atoms with E-state index in [1.807, 2.05) is 0 Å². The van der Waals surface area contributed by atoms with Crippen molar-refractivity contribution in [2.75, 3.05) is 11.9 Å². The van der Waals surface area contributed by atoms with Crippen LogP contribution in [0.25, 0.3) is 10.2 Å². The lowest BCUT2D eigenvalue weighted by molar-refractivity contribution is -0.117. The molecule has 1 amide bonds. The van der Waals surface area contributed by atoms with Gasteiger partial charge in [0, 0.05) is 10.6 Å². The Kier molecular flexibility index (Phi) is 5.63. The van der Waals surface area contributed by atoms with Crippen molar-refractivity contribution in [2.45, 2.75) is 39.7 Å². The maximum Gasteiger partial charge on any atom is 0.338 e. The van der Waals surface area contributed by atoms with E-state index in [0.29, 0.717) is 34.0 Å². The zero-order valence-corrected chi connectivity index (χ0v) is 17.6. The average molecular weight is 426 g/mol. The van der Waals surface area contributed by atoms with E-state index in [2.05, 4.69) is 22.6 Å². The van der Waals surface area contributed by atoms with Gasteiger partial charge in [-0.1, -0.05) is 12.1 Å². The van der Waals surface area contributed by atoms with Crippen molar-refractivity contribution in [3.05, 3.63) is 50.6 Å². The van der Waals surface area contributed by atoms with E-state index in [1.54, 1.807) is 31.2 Å². The third-order valence-corrected chi connectivity index (χ3v) is 6.30. The highest BCUT2D eigenvalue weighted by atomic mass is 32.1. The fourth-order valence-corrected chi connectivity index (χ4v) is 4.95. The Morgan fingerprint density at radius 1 is 1.30 bits per heavy atom. The Hall–Kier alpha value is -3.07. The largest absolute Gasteiger partial charge is 0.462 e. The summed E-state index contributed by atoms with van der Waals surface area (Å²) in [5.41, 5.74) is 1.70. The maximum atomic E-state index is 12.9. The van der Waals surface area contributed by atoms with Crippen molar-refractivity contribution in [1.82, 2.24) is 15.0 Å². The van der Waals surface area contributed by atoms with Crippen molar-refractivity contribution < 1.29 is 14.3 Å². The molecule has 30 heavy (non-hydrogen) atoms. The second kappa shape index (κ2) is 8.35. The Morgan fingerprint density at radius 2 is 2.07 bits per heavy atom. The zero-order chi connectivity index (χ0) is 21.3. The van der Waals surface area contributed by atoms with Crippen LogP contribution in [0.4, 0.5) is 5.69 Å². The van der Waals surface area contributed by atoms with E-state index in [0.717, 1.165) is 29.5 Å². The molecule has 0 aliphatic heterocycles. The Labute approximate surface area is 176 Å². The average Bonchev–Trinajstić information content (AvgIpc) is 3.09. The third-order valence-electron chi connectivity index (χ3n) is 5.16. The first-order valence-electron chi connectivity index (χ1n) is 9.91. The van der Waals surface area contributed by atoms with Crippen LogP contribution in [0.1, 0.15) is 41.1 Å². The fourth-order valence-electron chi connectivity index (χ4n) is 3.64. The molecule has 1 unspecified atom stereocenters. The third kappa shape index (κ3) is 3.97. The number of carbonyl (C=O) groups is 2. The Bertz CT molecular complexity index is 1170. The van der Waals surface area contributed by atoms with Crippen LogP contribution in [0.3, 0.4) is 0 Å². The van der Waals surface area contributed by atoms with Gasteiger partial charge in [-0.25, -0.2) is 9.48 Å². The molecule has 1 atom stereocenters. The van der Waals surface area contributed by atoms with Gasteiger partial charge in [0.05, 0.1) is 17.6 Å². The van der Waals surface area contributed by atoms with Gasteiger partial charge in [-0.3, -0.25) is 9.59 Å². The quantitative estimate of drug-likeness (QED) is 0.629. The lowest BCUT2D eigenvalue weighted by atomic mass is 9.89. The molecule has 4 rings (SSSR count). The number of rotatable bonds is 5. The van der Waals surface area contributed by atoms with Crippen molar-refractivity contribution >= 4 is 39.1 Å². The number of aromatic nitrogens is 3. The minimum absolute atomic E-state index is 0.234. The summed E-state index contributed by atoms with van der Waals surface area (Å²) in [5, 5.41) is 11.4. The minimum atomic E-state index is -0.418. The van der Waals surface area contributed by atoms with Gasteiger partial charge in [0.15, 0.2) is 4.83 Å². The molecule has 0 spiro atoms. The number of nitrogens with one attached hydrogen (secondary N) is 1. The smallest absolute Gasteiger partial charge is 0.338 e. The number of carbonyl (C=O) groups excluding carboxylic acids is 2. The van der Waals surface area contributed by atoms with E-state index in [4.69, 9.17) is 4.74 Å². The number of anilines is 1. The topological polar surface area (TPSA) is 103 Å². The van der Waals surface area contributed by atoms with E-state index < -0.39 is 11.9 Å². The number of aryl methyl sites for hydroxylation is 1. The molecule has 2 heterocycles. The number of thiophene rings is 1. The molecule has 0 saturated carbocycles. The molecule has 2 aromatic heterocycles. The number of nitrogens with zero attached hydrogens (tertiary/aromatic N) is 3. The molecule has 1 aromatic carbocycles. The Morgan fingerprint density at radius 3 is 2.80 bits per heavy atom. The first-order valence-corrected chi connectivity index (χ1v) is 10.7. The molecule has 3 aromatic rings. The van der Waals surface area contributed by atoms with Crippen LogP contribution in [-0.4, -0.2) is 33.5 Å². The first kappa shape index (κ1) is 20.2. The highest BCUT2D eigenvalue weighted by Gasteiger charge is 2.24. The minimum Gasteiger partial charge on any atom is -0.462 e. The highest BCUT2D eigenvalue weighted by Crippen LogP contribution is 2.35. The molecule has 1 aliphatic rings. The number of hydrogen-bond acceptors (Lipinski definition) is 7. The molecule has 156 valence electrons. The number of ether oxygens (including phenoxy) is 1. The summed E-state index contributed by atoms with van der Waals surface area (Å²) in [6.07, 6.45) is 2.86. The Balaban J connectivity index is 1.50. The van der Waals surface area contributed by atoms with Gasteiger partial charge < -0.3 is 10.1 Å². The highest BCUT2D eigenvalue weighted by molar-refractivity contribution is 7.18.